The predicted molar refractivity (Wildman–Crippen MR) is 72.1 cm³/mol. The average Bonchev–Trinajstić information content (AvgIpc) is 2.32. The van der Waals surface area contributed by atoms with Gasteiger partial charge in [-0.25, -0.2) is 0 Å². The first-order valence-corrected chi connectivity index (χ1v) is 10.1. The first-order valence-electron chi connectivity index (χ1n) is 6.72. The molecule has 0 aromatic carbocycles. The zero-order chi connectivity index (χ0) is 12.4. The highest BCUT2D eigenvalue weighted by molar-refractivity contribution is 6.69. The number of hydrogen-bond acceptors (Lipinski definition) is 1. The molecule has 0 amide bonds. The smallest absolute Gasteiger partial charge is 0.184 e. The molecule has 2 heteroatoms. The second kappa shape index (κ2) is 3.14. The Hall–Kier alpha value is 0.177. The van der Waals surface area contributed by atoms with Crippen LogP contribution in [0.1, 0.15) is 47.0 Å². The molecule has 3 atom stereocenters. The Balaban J connectivity index is 2.33. The summed E-state index contributed by atoms with van der Waals surface area (Å²) < 4.78 is 6.60. The van der Waals surface area contributed by atoms with E-state index < -0.39 is 8.32 Å². The molecule has 2 bridgehead atoms. The summed E-state index contributed by atoms with van der Waals surface area (Å²) in [6.45, 7) is 16.7. The van der Waals surface area contributed by atoms with E-state index in [1.807, 2.05) is 0 Å². The highest BCUT2D eigenvalue weighted by atomic mass is 28.4. The highest BCUT2D eigenvalue weighted by Gasteiger charge is 2.67. The van der Waals surface area contributed by atoms with Crippen molar-refractivity contribution in [1.29, 1.82) is 0 Å². The van der Waals surface area contributed by atoms with Crippen molar-refractivity contribution in [2.24, 2.45) is 16.7 Å². The molecule has 3 unspecified atom stereocenters. The highest BCUT2D eigenvalue weighted by Crippen LogP contribution is 2.70. The SMILES string of the molecule is CC1(O[Si](C)(C)C)CC2CCC1(C)C2(C)C. The lowest BCUT2D eigenvalue weighted by molar-refractivity contribution is -0.0598. The Morgan fingerprint density at radius 3 is 1.94 bits per heavy atom. The molecule has 2 rings (SSSR count). The molecular weight excluding hydrogens is 212 g/mol. The van der Waals surface area contributed by atoms with Gasteiger partial charge in [-0.05, 0) is 57.2 Å². The van der Waals surface area contributed by atoms with Crippen molar-refractivity contribution in [3.63, 3.8) is 0 Å². The van der Waals surface area contributed by atoms with Crippen LogP contribution in [0.25, 0.3) is 0 Å². The summed E-state index contributed by atoms with van der Waals surface area (Å²) in [6.07, 6.45) is 4.04. The topological polar surface area (TPSA) is 9.23 Å². The largest absolute Gasteiger partial charge is 0.412 e. The van der Waals surface area contributed by atoms with Crippen LogP contribution >= 0.6 is 0 Å². The molecule has 0 aliphatic heterocycles. The Kier molecular flexibility index (Phi) is 2.48. The van der Waals surface area contributed by atoms with Gasteiger partial charge in [0.1, 0.15) is 0 Å². The predicted octanol–water partition coefficient (Wildman–Crippen LogP) is 4.44. The Morgan fingerprint density at radius 2 is 1.62 bits per heavy atom. The Labute approximate surface area is 102 Å². The van der Waals surface area contributed by atoms with E-state index in [0.717, 1.165) is 5.92 Å². The van der Waals surface area contributed by atoms with Gasteiger partial charge in [0.25, 0.3) is 0 Å². The maximum absolute atomic E-state index is 6.60. The number of rotatable bonds is 2. The standard InChI is InChI=1S/C14H28OSi/c1-12(2)11-8-9-13(12,3)14(4,10-11)15-16(5,6)7/h11H,8-10H2,1-7H3. The monoisotopic (exact) mass is 240 g/mol. The molecule has 0 radical (unpaired) electrons. The van der Waals surface area contributed by atoms with E-state index in [1.165, 1.54) is 19.3 Å². The Bertz CT molecular complexity index is 304. The molecule has 0 heterocycles. The normalized spacial score (nSPS) is 46.3. The van der Waals surface area contributed by atoms with E-state index in [2.05, 4.69) is 47.3 Å². The molecule has 2 saturated carbocycles. The molecule has 94 valence electrons. The van der Waals surface area contributed by atoms with Crippen molar-refractivity contribution in [3.8, 4) is 0 Å². The van der Waals surface area contributed by atoms with Gasteiger partial charge < -0.3 is 4.43 Å². The first kappa shape index (κ1) is 12.6. The van der Waals surface area contributed by atoms with Gasteiger partial charge in [0.15, 0.2) is 8.32 Å². The molecule has 2 aliphatic carbocycles. The van der Waals surface area contributed by atoms with Crippen LogP contribution in [-0.2, 0) is 4.43 Å². The van der Waals surface area contributed by atoms with Crippen LogP contribution in [0.5, 0.6) is 0 Å². The lowest BCUT2D eigenvalue weighted by Gasteiger charge is -2.49. The minimum absolute atomic E-state index is 0.129. The van der Waals surface area contributed by atoms with Crippen LogP contribution in [0.15, 0.2) is 0 Å². The summed E-state index contributed by atoms with van der Waals surface area (Å²) in [6, 6.07) is 0. The molecule has 0 aromatic heterocycles. The van der Waals surface area contributed by atoms with Crippen LogP contribution < -0.4 is 0 Å². The van der Waals surface area contributed by atoms with Crippen LogP contribution in [-0.4, -0.2) is 13.9 Å². The minimum atomic E-state index is -1.44. The molecular formula is C14H28OSi. The molecule has 2 aliphatic rings. The van der Waals surface area contributed by atoms with E-state index in [-0.39, 0.29) is 5.60 Å². The van der Waals surface area contributed by atoms with Crippen molar-refractivity contribution in [1.82, 2.24) is 0 Å². The van der Waals surface area contributed by atoms with Crippen molar-refractivity contribution in [2.75, 3.05) is 0 Å². The van der Waals surface area contributed by atoms with E-state index in [4.69, 9.17) is 4.43 Å². The number of fused-ring (bicyclic) bond motifs is 2. The van der Waals surface area contributed by atoms with Crippen LogP contribution in [0.4, 0.5) is 0 Å². The summed E-state index contributed by atoms with van der Waals surface area (Å²) in [5.74, 6) is 0.874. The van der Waals surface area contributed by atoms with Crippen molar-refractivity contribution in [3.05, 3.63) is 0 Å². The summed E-state index contributed by atoms with van der Waals surface area (Å²) >= 11 is 0. The third kappa shape index (κ3) is 1.45. The zero-order valence-corrected chi connectivity index (χ0v) is 13.1. The van der Waals surface area contributed by atoms with Gasteiger partial charge in [0.05, 0.1) is 5.60 Å². The third-order valence-electron chi connectivity index (χ3n) is 5.77. The molecule has 1 nitrogen and oxygen atoms in total. The van der Waals surface area contributed by atoms with Crippen LogP contribution in [0, 0.1) is 16.7 Å². The van der Waals surface area contributed by atoms with Gasteiger partial charge in [-0.2, -0.15) is 0 Å². The van der Waals surface area contributed by atoms with Crippen molar-refractivity contribution < 1.29 is 4.43 Å². The summed E-state index contributed by atoms with van der Waals surface area (Å²) in [7, 11) is -1.44. The van der Waals surface area contributed by atoms with Gasteiger partial charge in [-0.1, -0.05) is 20.8 Å². The molecule has 0 saturated heterocycles. The zero-order valence-electron chi connectivity index (χ0n) is 12.1. The molecule has 0 spiro atoms. The maximum atomic E-state index is 6.60. The first-order chi connectivity index (χ1) is 7.02. The van der Waals surface area contributed by atoms with Gasteiger partial charge >= 0.3 is 0 Å². The van der Waals surface area contributed by atoms with Crippen LogP contribution in [0.3, 0.4) is 0 Å². The molecule has 2 fully saturated rings. The van der Waals surface area contributed by atoms with E-state index in [0.29, 0.717) is 10.8 Å². The fraction of sp³-hybridized carbons (Fsp3) is 1.00. The fourth-order valence-electron chi connectivity index (χ4n) is 4.43. The van der Waals surface area contributed by atoms with E-state index in [1.54, 1.807) is 0 Å². The minimum Gasteiger partial charge on any atom is -0.412 e. The Morgan fingerprint density at radius 1 is 1.06 bits per heavy atom. The van der Waals surface area contributed by atoms with Crippen molar-refractivity contribution in [2.45, 2.75) is 72.2 Å². The van der Waals surface area contributed by atoms with Gasteiger partial charge in [-0.3, -0.25) is 0 Å². The second-order valence-corrected chi connectivity index (χ2v) is 12.4. The van der Waals surface area contributed by atoms with Crippen molar-refractivity contribution >= 4 is 8.32 Å². The quantitative estimate of drug-likeness (QED) is 0.648. The van der Waals surface area contributed by atoms with Gasteiger partial charge in [0.2, 0.25) is 0 Å². The summed E-state index contributed by atoms with van der Waals surface area (Å²) in [5.41, 5.74) is 0.968. The molecule has 0 aromatic rings. The maximum Gasteiger partial charge on any atom is 0.184 e. The summed E-state index contributed by atoms with van der Waals surface area (Å²) in [4.78, 5) is 0. The molecule has 16 heavy (non-hydrogen) atoms. The average molecular weight is 240 g/mol. The lowest BCUT2D eigenvalue weighted by atomic mass is 9.65. The lowest BCUT2D eigenvalue weighted by Crippen LogP contribution is -2.51. The van der Waals surface area contributed by atoms with E-state index in [9.17, 15) is 0 Å². The van der Waals surface area contributed by atoms with E-state index >= 15 is 0 Å². The summed E-state index contributed by atoms with van der Waals surface area (Å²) in [5, 5.41) is 0. The van der Waals surface area contributed by atoms with Gasteiger partial charge in [0, 0.05) is 5.41 Å². The van der Waals surface area contributed by atoms with Crippen LogP contribution in [0.2, 0.25) is 19.6 Å². The molecule has 0 N–H and O–H groups in total. The van der Waals surface area contributed by atoms with Gasteiger partial charge in [-0.15, -0.1) is 0 Å². The number of hydrogen-bond donors (Lipinski definition) is 0. The second-order valence-electron chi connectivity index (χ2n) is 7.94. The third-order valence-corrected chi connectivity index (χ3v) is 6.83. The fourth-order valence-corrected chi connectivity index (χ4v) is 6.09.